The van der Waals surface area contributed by atoms with Crippen LogP contribution in [0.15, 0.2) is 0 Å². The predicted molar refractivity (Wildman–Crippen MR) is 69.3 cm³/mol. The van der Waals surface area contributed by atoms with Gasteiger partial charge in [-0.2, -0.15) is 5.26 Å². The molecule has 0 aromatic rings. The zero-order chi connectivity index (χ0) is 12.6. The Kier molecular flexibility index (Phi) is 7.36. The van der Waals surface area contributed by atoms with Gasteiger partial charge < -0.3 is 4.90 Å². The van der Waals surface area contributed by atoms with Crippen molar-refractivity contribution in [3.63, 3.8) is 0 Å². The molecule has 0 aromatic heterocycles. The van der Waals surface area contributed by atoms with Gasteiger partial charge in [-0.25, -0.2) is 0 Å². The summed E-state index contributed by atoms with van der Waals surface area (Å²) < 4.78 is 0. The van der Waals surface area contributed by atoms with Crippen LogP contribution < -0.4 is 5.32 Å². The first-order valence-corrected chi connectivity index (χ1v) is 6.32. The Bertz CT molecular complexity index is 222. The van der Waals surface area contributed by atoms with E-state index >= 15 is 0 Å². The van der Waals surface area contributed by atoms with Crippen LogP contribution in [0, 0.1) is 17.2 Å². The van der Waals surface area contributed by atoms with Crippen molar-refractivity contribution >= 4 is 0 Å². The van der Waals surface area contributed by atoms with E-state index < -0.39 is 5.54 Å². The molecule has 94 valence electrons. The molecule has 2 atom stereocenters. The van der Waals surface area contributed by atoms with Crippen LogP contribution in [0.4, 0.5) is 0 Å². The first kappa shape index (κ1) is 15.4. The summed E-state index contributed by atoms with van der Waals surface area (Å²) in [5, 5.41) is 12.5. The molecule has 0 amide bonds. The maximum Gasteiger partial charge on any atom is 0.116 e. The van der Waals surface area contributed by atoms with Crippen LogP contribution in [0.3, 0.4) is 0 Å². The quantitative estimate of drug-likeness (QED) is 0.688. The van der Waals surface area contributed by atoms with Crippen molar-refractivity contribution in [3.05, 3.63) is 0 Å². The summed E-state index contributed by atoms with van der Waals surface area (Å²) in [5.74, 6) is 0.694. The van der Waals surface area contributed by atoms with E-state index in [1.165, 1.54) is 6.42 Å². The molecule has 3 nitrogen and oxygen atoms in total. The third kappa shape index (κ3) is 6.09. The molecule has 0 heterocycles. The van der Waals surface area contributed by atoms with Crippen molar-refractivity contribution in [2.75, 3.05) is 26.7 Å². The molecule has 0 bridgehead atoms. The molecular formula is C13H27N3. The van der Waals surface area contributed by atoms with Crippen molar-refractivity contribution in [1.29, 1.82) is 5.26 Å². The van der Waals surface area contributed by atoms with Crippen LogP contribution in [0.2, 0.25) is 0 Å². The van der Waals surface area contributed by atoms with E-state index in [4.69, 9.17) is 0 Å². The Hall–Kier alpha value is -0.590. The molecule has 3 heteroatoms. The van der Waals surface area contributed by atoms with Crippen LogP contribution in [-0.4, -0.2) is 37.1 Å². The van der Waals surface area contributed by atoms with E-state index in [9.17, 15) is 5.26 Å². The number of hydrogen-bond donors (Lipinski definition) is 1. The molecule has 0 aliphatic heterocycles. The summed E-state index contributed by atoms with van der Waals surface area (Å²) in [5.41, 5.74) is -0.418. The highest BCUT2D eigenvalue weighted by molar-refractivity contribution is 5.05. The largest absolute Gasteiger partial charge is 0.303 e. The Balaban J connectivity index is 4.15. The standard InChI is InChI=1S/C13H27N3/c1-6-8-15-13(4,10-14)11-16(5)9-12(3)7-2/h12,15H,6-9,11H2,1-5H3. The van der Waals surface area contributed by atoms with Gasteiger partial charge in [0.1, 0.15) is 5.54 Å². The minimum absolute atomic E-state index is 0.418. The van der Waals surface area contributed by atoms with E-state index in [1.54, 1.807) is 0 Å². The second kappa shape index (κ2) is 7.65. The van der Waals surface area contributed by atoms with Gasteiger partial charge in [0.15, 0.2) is 0 Å². The minimum atomic E-state index is -0.418. The summed E-state index contributed by atoms with van der Waals surface area (Å²) in [6.07, 6.45) is 2.25. The van der Waals surface area contributed by atoms with Crippen LogP contribution in [0.5, 0.6) is 0 Å². The van der Waals surface area contributed by atoms with E-state index in [0.717, 1.165) is 26.1 Å². The van der Waals surface area contributed by atoms with Crippen molar-refractivity contribution < 1.29 is 0 Å². The molecule has 0 rings (SSSR count). The second-order valence-corrected chi connectivity index (χ2v) is 5.08. The Morgan fingerprint density at radius 1 is 1.44 bits per heavy atom. The average Bonchev–Trinajstić information content (AvgIpc) is 2.26. The summed E-state index contributed by atoms with van der Waals surface area (Å²) >= 11 is 0. The molecule has 0 aliphatic rings. The van der Waals surface area contributed by atoms with E-state index in [0.29, 0.717) is 5.92 Å². The zero-order valence-corrected chi connectivity index (χ0v) is 11.5. The fourth-order valence-corrected chi connectivity index (χ4v) is 1.80. The lowest BCUT2D eigenvalue weighted by atomic mass is 10.0. The van der Waals surface area contributed by atoms with Gasteiger partial charge in [-0.1, -0.05) is 27.2 Å². The van der Waals surface area contributed by atoms with Crippen LogP contribution in [0.25, 0.3) is 0 Å². The first-order chi connectivity index (χ1) is 7.47. The predicted octanol–water partition coefficient (Wildman–Crippen LogP) is 2.25. The number of nitrogens with zero attached hydrogens (tertiary/aromatic N) is 2. The van der Waals surface area contributed by atoms with Gasteiger partial charge >= 0.3 is 0 Å². The molecule has 0 saturated heterocycles. The fourth-order valence-electron chi connectivity index (χ4n) is 1.80. The van der Waals surface area contributed by atoms with Crippen LogP contribution in [0.1, 0.15) is 40.5 Å². The minimum Gasteiger partial charge on any atom is -0.303 e. The zero-order valence-electron chi connectivity index (χ0n) is 11.5. The smallest absolute Gasteiger partial charge is 0.116 e. The Labute approximate surface area is 101 Å². The van der Waals surface area contributed by atoms with Crippen LogP contribution >= 0.6 is 0 Å². The topological polar surface area (TPSA) is 39.1 Å². The number of nitriles is 1. The molecule has 16 heavy (non-hydrogen) atoms. The molecule has 0 aromatic carbocycles. The highest BCUT2D eigenvalue weighted by Gasteiger charge is 2.24. The highest BCUT2D eigenvalue weighted by Crippen LogP contribution is 2.08. The molecule has 0 aliphatic carbocycles. The van der Waals surface area contributed by atoms with Gasteiger partial charge in [-0.3, -0.25) is 5.32 Å². The van der Waals surface area contributed by atoms with Gasteiger partial charge in [0, 0.05) is 13.1 Å². The number of nitrogens with one attached hydrogen (secondary N) is 1. The summed E-state index contributed by atoms with van der Waals surface area (Å²) in [6, 6.07) is 2.38. The lowest BCUT2D eigenvalue weighted by Crippen LogP contribution is -2.50. The average molecular weight is 225 g/mol. The first-order valence-electron chi connectivity index (χ1n) is 6.32. The monoisotopic (exact) mass is 225 g/mol. The van der Waals surface area contributed by atoms with Gasteiger partial charge in [0.05, 0.1) is 6.07 Å². The Morgan fingerprint density at radius 2 is 2.06 bits per heavy atom. The van der Waals surface area contributed by atoms with Gasteiger partial charge in [0.25, 0.3) is 0 Å². The third-order valence-electron chi connectivity index (χ3n) is 2.92. The van der Waals surface area contributed by atoms with Crippen molar-refractivity contribution in [1.82, 2.24) is 10.2 Å². The summed E-state index contributed by atoms with van der Waals surface area (Å²) in [4.78, 5) is 2.25. The number of hydrogen-bond acceptors (Lipinski definition) is 3. The lowest BCUT2D eigenvalue weighted by molar-refractivity contribution is 0.230. The Morgan fingerprint density at radius 3 is 2.50 bits per heavy atom. The fraction of sp³-hybridized carbons (Fsp3) is 0.923. The van der Waals surface area contributed by atoms with Gasteiger partial charge in [-0.15, -0.1) is 0 Å². The molecule has 2 unspecified atom stereocenters. The SMILES string of the molecule is CCCNC(C)(C#N)CN(C)CC(C)CC. The molecule has 0 radical (unpaired) electrons. The number of likely N-dealkylation sites (N-methyl/N-ethyl adjacent to an activating group) is 1. The lowest BCUT2D eigenvalue weighted by Gasteiger charge is -2.30. The van der Waals surface area contributed by atoms with Crippen molar-refractivity contribution in [2.45, 2.75) is 46.1 Å². The molecular weight excluding hydrogens is 198 g/mol. The maximum atomic E-state index is 9.21. The number of rotatable bonds is 8. The second-order valence-electron chi connectivity index (χ2n) is 5.08. The normalized spacial score (nSPS) is 16.8. The van der Waals surface area contributed by atoms with Gasteiger partial charge in [-0.05, 0) is 32.9 Å². The highest BCUT2D eigenvalue weighted by atomic mass is 15.1. The van der Waals surface area contributed by atoms with Crippen molar-refractivity contribution in [2.24, 2.45) is 5.92 Å². The summed E-state index contributed by atoms with van der Waals surface area (Å²) in [7, 11) is 2.09. The van der Waals surface area contributed by atoms with E-state index in [-0.39, 0.29) is 0 Å². The third-order valence-corrected chi connectivity index (χ3v) is 2.92. The van der Waals surface area contributed by atoms with Gasteiger partial charge in [0.2, 0.25) is 0 Å². The molecule has 1 N–H and O–H groups in total. The maximum absolute atomic E-state index is 9.21. The molecule has 0 saturated carbocycles. The van der Waals surface area contributed by atoms with E-state index in [2.05, 4.69) is 44.1 Å². The van der Waals surface area contributed by atoms with Crippen molar-refractivity contribution in [3.8, 4) is 6.07 Å². The molecule has 0 fully saturated rings. The molecule has 0 spiro atoms. The summed E-state index contributed by atoms with van der Waals surface area (Å²) in [6.45, 7) is 11.3. The van der Waals surface area contributed by atoms with E-state index in [1.807, 2.05) is 6.92 Å². The van der Waals surface area contributed by atoms with Crippen LogP contribution in [-0.2, 0) is 0 Å².